The largest absolute Gasteiger partial charge is 0.396 e. The molecular weight excluding hydrogens is 283 g/mol. The second kappa shape index (κ2) is 6.90. The number of urea groups is 1. The average molecular weight is 301 g/mol. The molecule has 0 aromatic heterocycles. The Bertz CT molecular complexity index is 480. The van der Waals surface area contributed by atoms with Crippen LogP contribution < -0.4 is 5.32 Å². The smallest absolute Gasteiger partial charge is 0.322 e. The number of carbonyl (C=O) groups excluding carboxylic acids is 1. The van der Waals surface area contributed by atoms with Gasteiger partial charge in [0.2, 0.25) is 0 Å². The first-order valence-electron chi connectivity index (χ1n) is 6.75. The zero-order chi connectivity index (χ0) is 14.5. The van der Waals surface area contributed by atoms with E-state index in [9.17, 15) is 9.18 Å². The predicted octanol–water partition coefficient (Wildman–Crippen LogP) is 3.25. The third kappa shape index (κ3) is 4.08. The molecule has 1 aromatic carbocycles. The predicted molar refractivity (Wildman–Crippen MR) is 76.5 cm³/mol. The fraction of sp³-hybridized carbons (Fsp3) is 0.500. The number of hydrogen-bond donors (Lipinski definition) is 2. The van der Waals surface area contributed by atoms with Crippen molar-refractivity contribution in [2.24, 2.45) is 0 Å². The van der Waals surface area contributed by atoms with Gasteiger partial charge in [-0.2, -0.15) is 0 Å². The Morgan fingerprint density at radius 3 is 2.80 bits per heavy atom. The summed E-state index contributed by atoms with van der Waals surface area (Å²) in [4.78, 5) is 14.0. The number of hydrogen-bond acceptors (Lipinski definition) is 2. The number of benzene rings is 1. The maximum Gasteiger partial charge on any atom is 0.322 e. The summed E-state index contributed by atoms with van der Waals surface area (Å²) in [5.74, 6) is -0.508. The molecule has 0 saturated heterocycles. The number of nitrogens with zero attached hydrogens (tertiary/aromatic N) is 1. The molecule has 2 N–H and O–H groups in total. The first-order chi connectivity index (χ1) is 9.61. The summed E-state index contributed by atoms with van der Waals surface area (Å²) in [5, 5.41) is 11.5. The molecule has 0 bridgehead atoms. The fourth-order valence-electron chi connectivity index (χ4n) is 2.00. The number of halogens is 2. The summed E-state index contributed by atoms with van der Waals surface area (Å²) in [6.07, 6.45) is 3.47. The van der Waals surface area contributed by atoms with Crippen molar-refractivity contribution in [1.82, 2.24) is 4.90 Å². The number of aliphatic hydroxyl groups is 1. The number of anilines is 1. The van der Waals surface area contributed by atoms with Crippen LogP contribution in [0, 0.1) is 5.82 Å². The summed E-state index contributed by atoms with van der Waals surface area (Å²) in [6.45, 7) is 0.750. The maximum absolute atomic E-state index is 13.1. The van der Waals surface area contributed by atoms with Crippen LogP contribution in [-0.4, -0.2) is 35.2 Å². The number of carbonyl (C=O) groups is 1. The molecule has 4 nitrogen and oxygen atoms in total. The van der Waals surface area contributed by atoms with Crippen molar-refractivity contribution in [3.63, 3.8) is 0 Å². The van der Waals surface area contributed by atoms with E-state index in [1.54, 1.807) is 4.90 Å². The molecule has 0 unspecified atom stereocenters. The van der Waals surface area contributed by atoms with Crippen molar-refractivity contribution < 1.29 is 14.3 Å². The van der Waals surface area contributed by atoms with Gasteiger partial charge in [-0.05, 0) is 43.9 Å². The number of aliphatic hydroxyl groups excluding tert-OH is 1. The van der Waals surface area contributed by atoms with Crippen LogP contribution in [-0.2, 0) is 0 Å². The lowest BCUT2D eigenvalue weighted by Gasteiger charge is -2.22. The van der Waals surface area contributed by atoms with Gasteiger partial charge < -0.3 is 15.3 Å². The molecule has 0 spiro atoms. The Morgan fingerprint density at radius 1 is 1.45 bits per heavy atom. The van der Waals surface area contributed by atoms with Crippen LogP contribution in [0.4, 0.5) is 14.9 Å². The lowest BCUT2D eigenvalue weighted by atomic mass is 10.3. The van der Waals surface area contributed by atoms with E-state index >= 15 is 0 Å². The Kier molecular flexibility index (Phi) is 5.20. The average Bonchev–Trinajstić information content (AvgIpc) is 3.23. The van der Waals surface area contributed by atoms with E-state index in [2.05, 4.69) is 5.32 Å². The molecule has 20 heavy (non-hydrogen) atoms. The highest BCUT2D eigenvalue weighted by Crippen LogP contribution is 2.28. The van der Waals surface area contributed by atoms with Gasteiger partial charge in [0.25, 0.3) is 0 Å². The van der Waals surface area contributed by atoms with Gasteiger partial charge in [-0.15, -0.1) is 0 Å². The van der Waals surface area contributed by atoms with Crippen LogP contribution in [0.3, 0.4) is 0 Å². The number of amides is 2. The molecule has 2 rings (SSSR count). The van der Waals surface area contributed by atoms with Crippen molar-refractivity contribution in [3.8, 4) is 0 Å². The monoisotopic (exact) mass is 300 g/mol. The molecule has 0 aliphatic heterocycles. The molecule has 1 saturated carbocycles. The molecule has 1 aromatic rings. The van der Waals surface area contributed by atoms with E-state index in [0.717, 1.165) is 19.3 Å². The molecule has 0 radical (unpaired) electrons. The zero-order valence-corrected chi connectivity index (χ0v) is 11.9. The minimum Gasteiger partial charge on any atom is -0.396 e. The van der Waals surface area contributed by atoms with E-state index in [1.807, 2.05) is 0 Å². The quantitative estimate of drug-likeness (QED) is 0.792. The second-order valence-electron chi connectivity index (χ2n) is 4.91. The first-order valence-corrected chi connectivity index (χ1v) is 7.13. The van der Waals surface area contributed by atoms with Crippen LogP contribution in [0.2, 0.25) is 5.02 Å². The van der Waals surface area contributed by atoms with Crippen LogP contribution in [0.25, 0.3) is 0 Å². The van der Waals surface area contributed by atoms with Crippen molar-refractivity contribution in [2.45, 2.75) is 31.7 Å². The van der Waals surface area contributed by atoms with Gasteiger partial charge in [0, 0.05) is 24.9 Å². The molecule has 2 amide bonds. The van der Waals surface area contributed by atoms with Gasteiger partial charge >= 0.3 is 6.03 Å². The summed E-state index contributed by atoms with van der Waals surface area (Å²) < 4.78 is 13.1. The van der Waals surface area contributed by atoms with E-state index in [4.69, 9.17) is 16.7 Å². The lowest BCUT2D eigenvalue weighted by molar-refractivity contribution is 0.204. The third-order valence-corrected chi connectivity index (χ3v) is 3.52. The Balaban J connectivity index is 1.95. The summed E-state index contributed by atoms with van der Waals surface area (Å²) >= 11 is 5.69. The van der Waals surface area contributed by atoms with E-state index in [0.29, 0.717) is 18.7 Å². The lowest BCUT2D eigenvalue weighted by Crippen LogP contribution is -2.37. The first kappa shape index (κ1) is 15.1. The van der Waals surface area contributed by atoms with E-state index in [-0.39, 0.29) is 23.7 Å². The van der Waals surface area contributed by atoms with Crippen molar-refractivity contribution in [1.29, 1.82) is 0 Å². The molecule has 0 heterocycles. The summed E-state index contributed by atoms with van der Waals surface area (Å²) in [6, 6.07) is 4.19. The van der Waals surface area contributed by atoms with Gasteiger partial charge in [-0.3, -0.25) is 0 Å². The van der Waals surface area contributed by atoms with Crippen molar-refractivity contribution >= 4 is 23.3 Å². The maximum atomic E-state index is 13.1. The second-order valence-corrected chi connectivity index (χ2v) is 5.32. The van der Waals surface area contributed by atoms with Crippen molar-refractivity contribution in [3.05, 3.63) is 29.0 Å². The van der Waals surface area contributed by atoms with Crippen molar-refractivity contribution in [2.75, 3.05) is 18.5 Å². The highest BCUT2D eigenvalue weighted by Gasteiger charge is 2.32. The minimum absolute atomic E-state index is 0.0129. The third-order valence-electron chi connectivity index (χ3n) is 3.23. The summed E-state index contributed by atoms with van der Waals surface area (Å²) in [5.41, 5.74) is 0.481. The van der Waals surface area contributed by atoms with Gasteiger partial charge in [-0.1, -0.05) is 11.6 Å². The van der Waals surface area contributed by atoms with Gasteiger partial charge in [-0.25, -0.2) is 9.18 Å². The van der Waals surface area contributed by atoms with Crippen LogP contribution in [0.5, 0.6) is 0 Å². The normalized spacial score (nSPS) is 14.2. The molecular formula is C14H18ClFN2O2. The number of nitrogens with one attached hydrogen (secondary N) is 1. The summed E-state index contributed by atoms with van der Waals surface area (Å²) in [7, 11) is 0. The Morgan fingerprint density at radius 2 is 2.20 bits per heavy atom. The standard InChI is InChI=1S/C14H18ClFN2O2/c15-12-9-10(3-6-13(12)16)17-14(20)18(11-4-5-11)7-1-2-8-19/h3,6,9,11,19H,1-2,4-5,7-8H2,(H,17,20). The Labute approximate surface area is 122 Å². The zero-order valence-electron chi connectivity index (χ0n) is 11.1. The highest BCUT2D eigenvalue weighted by molar-refractivity contribution is 6.31. The number of rotatable bonds is 6. The molecule has 0 atom stereocenters. The van der Waals surface area contributed by atoms with Crippen LogP contribution in [0.15, 0.2) is 18.2 Å². The van der Waals surface area contributed by atoms with Crippen LogP contribution >= 0.6 is 11.6 Å². The minimum atomic E-state index is -0.508. The van der Waals surface area contributed by atoms with E-state index < -0.39 is 5.82 Å². The van der Waals surface area contributed by atoms with E-state index in [1.165, 1.54) is 18.2 Å². The van der Waals surface area contributed by atoms with Crippen LogP contribution in [0.1, 0.15) is 25.7 Å². The molecule has 1 fully saturated rings. The topological polar surface area (TPSA) is 52.6 Å². The number of unbranched alkanes of at least 4 members (excludes halogenated alkanes) is 1. The van der Waals surface area contributed by atoms with Gasteiger partial charge in [0.1, 0.15) is 5.82 Å². The SMILES string of the molecule is O=C(Nc1ccc(F)c(Cl)c1)N(CCCCO)C1CC1. The molecule has 110 valence electrons. The van der Waals surface area contributed by atoms with Gasteiger partial charge in [0.05, 0.1) is 5.02 Å². The Hall–Kier alpha value is -1.33. The molecule has 6 heteroatoms. The molecule has 1 aliphatic rings. The highest BCUT2D eigenvalue weighted by atomic mass is 35.5. The molecule has 1 aliphatic carbocycles. The van der Waals surface area contributed by atoms with Gasteiger partial charge in [0.15, 0.2) is 0 Å². The fourth-order valence-corrected chi connectivity index (χ4v) is 2.18.